The van der Waals surface area contributed by atoms with Crippen molar-refractivity contribution < 1.29 is 15.3 Å². The number of aliphatic hydroxyl groups is 3. The zero-order chi connectivity index (χ0) is 8.97. The van der Waals surface area contributed by atoms with E-state index in [0.29, 0.717) is 6.42 Å². The molecule has 1 atom stereocenters. The highest BCUT2D eigenvalue weighted by atomic mass is 16.3. The molecule has 3 nitrogen and oxygen atoms in total. The Balaban J connectivity index is 2.65. The molecule has 1 aliphatic carbocycles. The zero-order valence-corrected chi connectivity index (χ0v) is 7.16. The molecule has 3 heteroatoms. The molecule has 0 radical (unpaired) electrons. The van der Waals surface area contributed by atoms with Crippen molar-refractivity contribution in [3.8, 4) is 0 Å². The van der Waals surface area contributed by atoms with Crippen molar-refractivity contribution in [2.45, 2.75) is 19.3 Å². The molecule has 3 N–H and O–H groups in total. The molecule has 0 amide bonds. The number of aliphatic hydroxyl groups excluding tert-OH is 3. The molecule has 0 fully saturated rings. The first kappa shape index (κ1) is 9.71. The van der Waals surface area contributed by atoms with Gasteiger partial charge in [0, 0.05) is 19.1 Å². The van der Waals surface area contributed by atoms with Crippen LogP contribution in [0.25, 0.3) is 0 Å². The van der Waals surface area contributed by atoms with Gasteiger partial charge in [-0.05, 0) is 24.8 Å². The fraction of sp³-hybridized carbons (Fsp3) is 0.778. The lowest BCUT2D eigenvalue weighted by Gasteiger charge is -2.09. The highest BCUT2D eigenvalue weighted by Crippen LogP contribution is 2.32. The third-order valence-electron chi connectivity index (χ3n) is 2.55. The van der Waals surface area contributed by atoms with Crippen molar-refractivity contribution in [2.75, 3.05) is 19.8 Å². The van der Waals surface area contributed by atoms with Crippen molar-refractivity contribution in [2.24, 2.45) is 5.92 Å². The van der Waals surface area contributed by atoms with Crippen LogP contribution in [-0.4, -0.2) is 35.1 Å². The van der Waals surface area contributed by atoms with Crippen molar-refractivity contribution in [1.29, 1.82) is 0 Å². The number of rotatable bonds is 4. The Morgan fingerprint density at radius 2 is 2.00 bits per heavy atom. The van der Waals surface area contributed by atoms with E-state index in [1.165, 1.54) is 0 Å². The fourth-order valence-corrected chi connectivity index (χ4v) is 1.83. The number of hydrogen-bond acceptors (Lipinski definition) is 3. The van der Waals surface area contributed by atoms with Crippen LogP contribution in [0.1, 0.15) is 19.3 Å². The van der Waals surface area contributed by atoms with E-state index in [0.717, 1.165) is 24.0 Å². The highest BCUT2D eigenvalue weighted by Gasteiger charge is 2.23. The highest BCUT2D eigenvalue weighted by molar-refractivity contribution is 5.23. The Bertz CT molecular complexity index is 175. The molecule has 0 bridgehead atoms. The van der Waals surface area contributed by atoms with Crippen molar-refractivity contribution in [3.05, 3.63) is 11.1 Å². The smallest absolute Gasteiger partial charge is 0.0647 e. The molecular weight excluding hydrogens is 156 g/mol. The topological polar surface area (TPSA) is 60.7 Å². The third kappa shape index (κ3) is 1.86. The van der Waals surface area contributed by atoms with Crippen LogP contribution in [0, 0.1) is 5.92 Å². The average Bonchev–Trinajstić information content (AvgIpc) is 2.47. The van der Waals surface area contributed by atoms with Gasteiger partial charge in [-0.3, -0.25) is 0 Å². The largest absolute Gasteiger partial charge is 0.396 e. The van der Waals surface area contributed by atoms with Crippen molar-refractivity contribution in [3.63, 3.8) is 0 Å². The summed E-state index contributed by atoms with van der Waals surface area (Å²) in [6, 6.07) is 0. The maximum Gasteiger partial charge on any atom is 0.0647 e. The minimum atomic E-state index is 0.0283. The van der Waals surface area contributed by atoms with Gasteiger partial charge in [-0.25, -0.2) is 0 Å². The van der Waals surface area contributed by atoms with Gasteiger partial charge in [0.15, 0.2) is 0 Å². The first-order valence-corrected chi connectivity index (χ1v) is 4.36. The van der Waals surface area contributed by atoms with E-state index in [1.54, 1.807) is 0 Å². The van der Waals surface area contributed by atoms with Crippen LogP contribution in [0.15, 0.2) is 11.1 Å². The summed E-state index contributed by atoms with van der Waals surface area (Å²) in [6.45, 7) is 0.280. The molecule has 0 unspecified atom stereocenters. The van der Waals surface area contributed by atoms with E-state index in [9.17, 15) is 0 Å². The maximum atomic E-state index is 9.01. The van der Waals surface area contributed by atoms with Crippen molar-refractivity contribution >= 4 is 0 Å². The Kier molecular flexibility index (Phi) is 3.72. The summed E-state index contributed by atoms with van der Waals surface area (Å²) >= 11 is 0. The Hall–Kier alpha value is -0.380. The van der Waals surface area contributed by atoms with Gasteiger partial charge in [0.2, 0.25) is 0 Å². The molecule has 0 saturated carbocycles. The van der Waals surface area contributed by atoms with E-state index in [4.69, 9.17) is 15.3 Å². The van der Waals surface area contributed by atoms with Gasteiger partial charge in [-0.2, -0.15) is 0 Å². The van der Waals surface area contributed by atoms with Crippen LogP contribution in [-0.2, 0) is 0 Å². The summed E-state index contributed by atoms with van der Waals surface area (Å²) in [7, 11) is 0. The van der Waals surface area contributed by atoms with Gasteiger partial charge in [-0.15, -0.1) is 0 Å². The predicted octanol–water partition coefficient (Wildman–Crippen LogP) is 0.0600. The van der Waals surface area contributed by atoms with Crippen LogP contribution < -0.4 is 0 Å². The van der Waals surface area contributed by atoms with E-state index in [-0.39, 0.29) is 25.7 Å². The maximum absolute atomic E-state index is 9.01. The molecule has 1 rings (SSSR count). The molecule has 0 aliphatic heterocycles. The van der Waals surface area contributed by atoms with Crippen molar-refractivity contribution in [1.82, 2.24) is 0 Å². The monoisotopic (exact) mass is 172 g/mol. The minimum absolute atomic E-state index is 0.0283. The molecule has 12 heavy (non-hydrogen) atoms. The third-order valence-corrected chi connectivity index (χ3v) is 2.55. The quantitative estimate of drug-likeness (QED) is 0.525. The Morgan fingerprint density at radius 1 is 1.25 bits per heavy atom. The molecule has 1 aliphatic rings. The molecule has 0 aromatic carbocycles. The normalized spacial score (nSPS) is 23.8. The van der Waals surface area contributed by atoms with Gasteiger partial charge >= 0.3 is 0 Å². The SMILES string of the molecule is OCCC1=C(CO)[C@@H](CO)CC1. The van der Waals surface area contributed by atoms with Crippen LogP contribution in [0.2, 0.25) is 0 Å². The van der Waals surface area contributed by atoms with Crippen LogP contribution in [0.4, 0.5) is 0 Å². The second kappa shape index (κ2) is 4.60. The summed E-state index contributed by atoms with van der Waals surface area (Å²) in [6.07, 6.45) is 2.48. The van der Waals surface area contributed by atoms with Gasteiger partial charge in [0.25, 0.3) is 0 Å². The van der Waals surface area contributed by atoms with E-state index in [1.807, 2.05) is 0 Å². The van der Waals surface area contributed by atoms with Crippen LogP contribution in [0.3, 0.4) is 0 Å². The minimum Gasteiger partial charge on any atom is -0.396 e. The summed E-state index contributed by atoms with van der Waals surface area (Å²) in [5, 5.41) is 26.7. The summed E-state index contributed by atoms with van der Waals surface area (Å²) in [5.74, 6) is 0.136. The van der Waals surface area contributed by atoms with Crippen LogP contribution >= 0.6 is 0 Å². The fourth-order valence-electron chi connectivity index (χ4n) is 1.83. The van der Waals surface area contributed by atoms with E-state index in [2.05, 4.69) is 0 Å². The molecule has 70 valence electrons. The standard InChI is InChI=1S/C9H16O3/c10-4-3-7-1-2-8(5-11)9(7)6-12/h8,10-12H,1-6H2/t8-/m1/s1. The second-order valence-electron chi connectivity index (χ2n) is 3.18. The van der Waals surface area contributed by atoms with E-state index < -0.39 is 0 Å². The summed E-state index contributed by atoms with van der Waals surface area (Å²) < 4.78 is 0. The molecular formula is C9H16O3. The summed E-state index contributed by atoms with van der Waals surface area (Å²) in [5.41, 5.74) is 2.09. The van der Waals surface area contributed by atoms with E-state index >= 15 is 0 Å². The lowest BCUT2D eigenvalue weighted by molar-refractivity contribution is 0.228. The molecule has 0 aromatic rings. The lowest BCUT2D eigenvalue weighted by Crippen LogP contribution is -2.08. The lowest BCUT2D eigenvalue weighted by atomic mass is 10.0. The molecule has 0 spiro atoms. The van der Waals surface area contributed by atoms with Gasteiger partial charge < -0.3 is 15.3 Å². The average molecular weight is 172 g/mol. The molecule has 0 heterocycles. The summed E-state index contributed by atoms with van der Waals surface area (Å²) in [4.78, 5) is 0. The van der Waals surface area contributed by atoms with Gasteiger partial charge in [0.1, 0.15) is 0 Å². The van der Waals surface area contributed by atoms with Crippen LogP contribution in [0.5, 0.6) is 0 Å². The predicted molar refractivity (Wildman–Crippen MR) is 45.6 cm³/mol. The first-order valence-electron chi connectivity index (χ1n) is 4.36. The molecule has 0 aromatic heterocycles. The molecule has 0 saturated heterocycles. The van der Waals surface area contributed by atoms with Gasteiger partial charge in [0.05, 0.1) is 6.61 Å². The Labute approximate surface area is 72.3 Å². The van der Waals surface area contributed by atoms with Gasteiger partial charge in [-0.1, -0.05) is 5.57 Å². The second-order valence-corrected chi connectivity index (χ2v) is 3.18. The zero-order valence-electron chi connectivity index (χ0n) is 7.16. The Morgan fingerprint density at radius 3 is 2.50 bits per heavy atom. The first-order chi connectivity index (χ1) is 5.83. The number of hydrogen-bond donors (Lipinski definition) is 3.